The van der Waals surface area contributed by atoms with Crippen molar-refractivity contribution in [3.63, 3.8) is 0 Å². The number of hydrogen-bond acceptors (Lipinski definition) is 5. The molecule has 2 heterocycles. The first-order valence-corrected chi connectivity index (χ1v) is 12.1. The monoisotopic (exact) mass is 468 g/mol. The second kappa shape index (κ2) is 9.27. The molecule has 0 saturated heterocycles. The van der Waals surface area contributed by atoms with E-state index in [1.807, 2.05) is 92.7 Å². The third kappa shape index (κ3) is 4.39. The Labute approximate surface area is 202 Å². The van der Waals surface area contributed by atoms with Crippen LogP contribution in [0, 0.1) is 6.92 Å². The maximum absolute atomic E-state index is 13.5. The van der Waals surface area contributed by atoms with Crippen LogP contribution in [0.5, 0.6) is 0 Å². The quantitative estimate of drug-likeness (QED) is 0.575. The molecule has 34 heavy (non-hydrogen) atoms. The van der Waals surface area contributed by atoms with E-state index in [4.69, 9.17) is 9.98 Å². The molecule has 2 amide bonds. The van der Waals surface area contributed by atoms with Crippen LogP contribution in [0.3, 0.4) is 0 Å². The molecule has 6 nitrogen and oxygen atoms in total. The minimum absolute atomic E-state index is 0.120. The van der Waals surface area contributed by atoms with E-state index in [1.54, 1.807) is 4.90 Å². The van der Waals surface area contributed by atoms with Gasteiger partial charge in [0.1, 0.15) is 11.9 Å². The SMILES string of the molecule is Cc1cccc(NC(=O)[C@@H](C)SC2=Nc3ccccc3C3=N[C@@H](Cc4ccccc4)C(=O)N23)c1. The van der Waals surface area contributed by atoms with E-state index >= 15 is 0 Å². The minimum Gasteiger partial charge on any atom is -0.325 e. The van der Waals surface area contributed by atoms with E-state index in [9.17, 15) is 9.59 Å². The summed E-state index contributed by atoms with van der Waals surface area (Å²) in [6.45, 7) is 3.80. The van der Waals surface area contributed by atoms with Crippen LogP contribution in [0.15, 0.2) is 88.8 Å². The summed E-state index contributed by atoms with van der Waals surface area (Å²) in [4.78, 5) is 37.5. The van der Waals surface area contributed by atoms with Crippen LogP contribution in [0.2, 0.25) is 0 Å². The smallest absolute Gasteiger partial charge is 0.259 e. The summed E-state index contributed by atoms with van der Waals surface area (Å²) < 4.78 is 0. The van der Waals surface area contributed by atoms with Crippen molar-refractivity contribution in [3.8, 4) is 0 Å². The molecule has 0 saturated carbocycles. The van der Waals surface area contributed by atoms with Gasteiger partial charge < -0.3 is 5.32 Å². The van der Waals surface area contributed by atoms with Crippen LogP contribution < -0.4 is 5.32 Å². The summed E-state index contributed by atoms with van der Waals surface area (Å²) in [7, 11) is 0. The van der Waals surface area contributed by atoms with Crippen molar-refractivity contribution in [3.05, 3.63) is 95.6 Å². The standard InChI is InChI=1S/C27H24N4O2S/c1-17-9-8-12-20(15-17)28-25(32)18(2)34-27-30-22-14-7-6-13-21(22)24-29-23(26(33)31(24)27)16-19-10-4-3-5-11-19/h3-15,18,23H,16H2,1-2H3,(H,28,32)/t18-,23+/m1/s1. The molecule has 0 fully saturated rings. The number of carbonyl (C=O) groups excluding carboxylic acids is 2. The fraction of sp³-hybridized carbons (Fsp3) is 0.185. The molecule has 0 radical (unpaired) electrons. The Bertz CT molecular complexity index is 1320. The lowest BCUT2D eigenvalue weighted by Gasteiger charge is -2.27. The van der Waals surface area contributed by atoms with Crippen LogP contribution in [-0.2, 0) is 16.0 Å². The van der Waals surface area contributed by atoms with Crippen LogP contribution in [0.25, 0.3) is 0 Å². The summed E-state index contributed by atoms with van der Waals surface area (Å²) in [5, 5.41) is 2.97. The predicted octanol–water partition coefficient (Wildman–Crippen LogP) is 4.96. The molecule has 1 N–H and O–H groups in total. The highest BCUT2D eigenvalue weighted by Crippen LogP contribution is 2.35. The lowest BCUT2D eigenvalue weighted by molar-refractivity contribution is -0.124. The van der Waals surface area contributed by atoms with E-state index < -0.39 is 11.3 Å². The molecule has 2 atom stereocenters. The van der Waals surface area contributed by atoms with E-state index in [1.165, 1.54) is 11.8 Å². The normalized spacial score (nSPS) is 17.4. The number of fused-ring (bicyclic) bond motifs is 3. The van der Waals surface area contributed by atoms with Gasteiger partial charge in [0.05, 0.1) is 10.9 Å². The Morgan fingerprint density at radius 1 is 1.06 bits per heavy atom. The second-order valence-corrected chi connectivity index (χ2v) is 9.67. The number of para-hydroxylation sites is 1. The van der Waals surface area contributed by atoms with Crippen molar-refractivity contribution in [1.29, 1.82) is 0 Å². The Balaban J connectivity index is 1.40. The van der Waals surface area contributed by atoms with Gasteiger partial charge >= 0.3 is 0 Å². The van der Waals surface area contributed by atoms with Crippen molar-refractivity contribution in [2.24, 2.45) is 9.98 Å². The third-order valence-corrected chi connectivity index (χ3v) is 6.81. The maximum atomic E-state index is 13.5. The van der Waals surface area contributed by atoms with Gasteiger partial charge in [-0.15, -0.1) is 0 Å². The highest BCUT2D eigenvalue weighted by molar-refractivity contribution is 8.15. The van der Waals surface area contributed by atoms with Gasteiger partial charge in [0.25, 0.3) is 5.91 Å². The zero-order chi connectivity index (χ0) is 23.7. The summed E-state index contributed by atoms with van der Waals surface area (Å²) in [5.74, 6) is 0.333. The first-order chi connectivity index (χ1) is 16.5. The molecule has 2 aliphatic rings. The van der Waals surface area contributed by atoms with Crippen molar-refractivity contribution in [2.75, 3.05) is 5.32 Å². The van der Waals surface area contributed by atoms with Gasteiger partial charge in [-0.05, 0) is 49.2 Å². The van der Waals surface area contributed by atoms with Crippen molar-refractivity contribution in [1.82, 2.24) is 4.90 Å². The fourth-order valence-corrected chi connectivity index (χ4v) is 4.94. The highest BCUT2D eigenvalue weighted by Gasteiger charge is 2.42. The molecule has 0 aromatic heterocycles. The average Bonchev–Trinajstić information content (AvgIpc) is 3.16. The molecule has 2 aliphatic heterocycles. The molecule has 7 heteroatoms. The zero-order valence-corrected chi connectivity index (χ0v) is 19.8. The molecule has 0 spiro atoms. The van der Waals surface area contributed by atoms with Gasteiger partial charge in [-0.25, -0.2) is 9.89 Å². The fourth-order valence-electron chi connectivity index (χ4n) is 4.03. The molecule has 0 aliphatic carbocycles. The average molecular weight is 469 g/mol. The zero-order valence-electron chi connectivity index (χ0n) is 18.9. The Kier molecular flexibility index (Phi) is 6.02. The topological polar surface area (TPSA) is 74.1 Å². The lowest BCUT2D eigenvalue weighted by Crippen LogP contribution is -2.42. The molecule has 0 unspecified atom stereocenters. The highest BCUT2D eigenvalue weighted by atomic mass is 32.2. The van der Waals surface area contributed by atoms with Gasteiger partial charge in [0.2, 0.25) is 5.91 Å². The number of aryl methyl sites for hydroxylation is 1. The van der Waals surface area contributed by atoms with Crippen molar-refractivity contribution < 1.29 is 9.59 Å². The second-order valence-electron chi connectivity index (χ2n) is 8.36. The molecule has 3 aromatic carbocycles. The van der Waals surface area contributed by atoms with Crippen molar-refractivity contribution >= 4 is 46.0 Å². The van der Waals surface area contributed by atoms with Crippen LogP contribution in [0.1, 0.15) is 23.6 Å². The van der Waals surface area contributed by atoms with Crippen molar-refractivity contribution in [2.45, 2.75) is 31.6 Å². The number of benzene rings is 3. The first-order valence-electron chi connectivity index (χ1n) is 11.2. The van der Waals surface area contributed by atoms with Gasteiger partial charge in [-0.3, -0.25) is 14.6 Å². The largest absolute Gasteiger partial charge is 0.325 e. The minimum atomic E-state index is -0.522. The molecule has 170 valence electrons. The summed E-state index contributed by atoms with van der Waals surface area (Å²) >= 11 is 1.27. The number of amidine groups is 2. The van der Waals surface area contributed by atoms with Gasteiger partial charge in [0, 0.05) is 17.7 Å². The number of anilines is 1. The van der Waals surface area contributed by atoms with Gasteiger partial charge in [-0.2, -0.15) is 0 Å². The van der Waals surface area contributed by atoms with Gasteiger partial charge in [0.15, 0.2) is 5.17 Å². The first kappa shape index (κ1) is 22.1. The van der Waals surface area contributed by atoms with E-state index in [2.05, 4.69) is 5.32 Å². The van der Waals surface area contributed by atoms with E-state index in [-0.39, 0.29) is 11.8 Å². The number of thioether (sulfide) groups is 1. The summed E-state index contributed by atoms with van der Waals surface area (Å²) in [6, 6.07) is 24.7. The molecule has 5 rings (SSSR count). The molecular formula is C27H24N4O2S. The van der Waals surface area contributed by atoms with Gasteiger partial charge in [-0.1, -0.05) is 66.4 Å². The summed E-state index contributed by atoms with van der Waals surface area (Å²) in [6.07, 6.45) is 0.517. The number of nitrogens with zero attached hydrogens (tertiary/aromatic N) is 3. The lowest BCUT2D eigenvalue weighted by atomic mass is 10.1. The number of amides is 2. The number of hydrogen-bond donors (Lipinski definition) is 1. The number of aliphatic imine (C=N–C) groups is 2. The maximum Gasteiger partial charge on any atom is 0.259 e. The third-order valence-electron chi connectivity index (χ3n) is 5.76. The van der Waals surface area contributed by atoms with E-state index in [0.717, 1.165) is 28.1 Å². The Morgan fingerprint density at radius 3 is 2.62 bits per heavy atom. The Hall–Kier alpha value is -3.71. The number of rotatable bonds is 5. The molecular weight excluding hydrogens is 444 g/mol. The molecule has 3 aromatic rings. The molecule has 0 bridgehead atoms. The van der Waals surface area contributed by atoms with Crippen LogP contribution in [-0.4, -0.2) is 39.0 Å². The number of nitrogens with one attached hydrogen (secondary N) is 1. The van der Waals surface area contributed by atoms with Crippen LogP contribution >= 0.6 is 11.8 Å². The number of carbonyl (C=O) groups is 2. The Morgan fingerprint density at radius 2 is 1.82 bits per heavy atom. The summed E-state index contributed by atoms with van der Waals surface area (Å²) in [5.41, 5.74) is 4.44. The van der Waals surface area contributed by atoms with E-state index in [0.29, 0.717) is 17.4 Å². The van der Waals surface area contributed by atoms with Crippen LogP contribution in [0.4, 0.5) is 11.4 Å². The predicted molar refractivity (Wildman–Crippen MR) is 138 cm³/mol.